The third-order valence-electron chi connectivity index (χ3n) is 3.34. The molecule has 0 saturated heterocycles. The van der Waals surface area contributed by atoms with Gasteiger partial charge >= 0.3 is 0 Å². The maximum absolute atomic E-state index is 10.1. The molecule has 1 aliphatic carbocycles. The summed E-state index contributed by atoms with van der Waals surface area (Å²) in [5.74, 6) is 0. The van der Waals surface area contributed by atoms with E-state index in [1.54, 1.807) is 0 Å². The smallest absolute Gasteiger partial charge is 0.0868 e. The summed E-state index contributed by atoms with van der Waals surface area (Å²) >= 11 is 0. The van der Waals surface area contributed by atoms with Crippen LogP contribution in [0.5, 0.6) is 0 Å². The quantitative estimate of drug-likeness (QED) is 0.710. The standard InChI is InChI=1S/C12H16O2/c1-12(8-13)7-6-9-4-2-3-5-10(9)11(12)14/h2-5,11,13-14H,6-8H2,1H3/t11-,12+/m1/s1. The summed E-state index contributed by atoms with van der Waals surface area (Å²) in [6.07, 6.45) is 1.27. The molecule has 2 heteroatoms. The molecule has 0 spiro atoms. The Morgan fingerprint density at radius 1 is 1.43 bits per heavy atom. The zero-order valence-corrected chi connectivity index (χ0v) is 8.40. The van der Waals surface area contributed by atoms with Crippen LogP contribution in [0, 0.1) is 5.41 Å². The highest BCUT2D eigenvalue weighted by molar-refractivity contribution is 5.33. The largest absolute Gasteiger partial charge is 0.396 e. The minimum absolute atomic E-state index is 0.0441. The second-order valence-corrected chi connectivity index (χ2v) is 4.41. The van der Waals surface area contributed by atoms with Crippen LogP contribution in [0.2, 0.25) is 0 Å². The molecule has 0 radical (unpaired) electrons. The molecular weight excluding hydrogens is 176 g/mol. The molecule has 0 aromatic heterocycles. The first-order valence-corrected chi connectivity index (χ1v) is 5.04. The third kappa shape index (κ3) is 1.35. The Morgan fingerprint density at radius 3 is 2.86 bits per heavy atom. The van der Waals surface area contributed by atoms with Gasteiger partial charge in [-0.2, -0.15) is 0 Å². The maximum Gasteiger partial charge on any atom is 0.0868 e. The topological polar surface area (TPSA) is 40.5 Å². The van der Waals surface area contributed by atoms with Gasteiger partial charge in [-0.3, -0.25) is 0 Å². The highest BCUT2D eigenvalue weighted by Crippen LogP contribution is 2.43. The highest BCUT2D eigenvalue weighted by Gasteiger charge is 2.37. The fraction of sp³-hybridized carbons (Fsp3) is 0.500. The molecule has 0 aliphatic heterocycles. The van der Waals surface area contributed by atoms with Gasteiger partial charge in [-0.05, 0) is 24.0 Å². The predicted molar refractivity (Wildman–Crippen MR) is 54.9 cm³/mol. The fourth-order valence-electron chi connectivity index (χ4n) is 2.13. The normalized spacial score (nSPS) is 31.2. The van der Waals surface area contributed by atoms with Crippen LogP contribution < -0.4 is 0 Å². The van der Waals surface area contributed by atoms with Gasteiger partial charge in [0.25, 0.3) is 0 Å². The number of hydrogen-bond donors (Lipinski definition) is 2. The molecule has 0 fully saturated rings. The van der Waals surface area contributed by atoms with E-state index in [9.17, 15) is 10.2 Å². The van der Waals surface area contributed by atoms with E-state index in [0.29, 0.717) is 0 Å². The summed E-state index contributed by atoms with van der Waals surface area (Å²) < 4.78 is 0. The zero-order chi connectivity index (χ0) is 10.2. The SMILES string of the molecule is C[C@@]1(CO)CCc2ccccc2[C@H]1O. The van der Waals surface area contributed by atoms with Gasteiger partial charge in [0.05, 0.1) is 12.7 Å². The van der Waals surface area contributed by atoms with Crippen molar-refractivity contribution in [1.82, 2.24) is 0 Å². The number of hydrogen-bond acceptors (Lipinski definition) is 2. The maximum atomic E-state index is 10.1. The number of aryl methyl sites for hydroxylation is 1. The first-order chi connectivity index (χ1) is 6.67. The van der Waals surface area contributed by atoms with Crippen molar-refractivity contribution in [2.24, 2.45) is 5.41 Å². The van der Waals surface area contributed by atoms with E-state index in [2.05, 4.69) is 6.07 Å². The van der Waals surface area contributed by atoms with E-state index in [-0.39, 0.29) is 12.0 Å². The summed E-state index contributed by atoms with van der Waals surface area (Å²) in [6, 6.07) is 7.93. The number of aliphatic hydroxyl groups is 2. The lowest BCUT2D eigenvalue weighted by molar-refractivity contribution is -0.0200. The van der Waals surface area contributed by atoms with Crippen molar-refractivity contribution in [3.63, 3.8) is 0 Å². The fourth-order valence-corrected chi connectivity index (χ4v) is 2.13. The van der Waals surface area contributed by atoms with Crippen LogP contribution in [-0.2, 0) is 6.42 Å². The monoisotopic (exact) mass is 192 g/mol. The molecule has 0 unspecified atom stereocenters. The van der Waals surface area contributed by atoms with Gasteiger partial charge in [0.1, 0.15) is 0 Å². The van der Waals surface area contributed by atoms with Crippen molar-refractivity contribution >= 4 is 0 Å². The number of rotatable bonds is 1. The van der Waals surface area contributed by atoms with Crippen LogP contribution in [0.3, 0.4) is 0 Å². The Bertz CT molecular complexity index is 335. The molecule has 1 aromatic carbocycles. The van der Waals surface area contributed by atoms with Crippen molar-refractivity contribution in [3.05, 3.63) is 35.4 Å². The molecule has 0 bridgehead atoms. The molecule has 0 amide bonds. The molecule has 0 heterocycles. The van der Waals surface area contributed by atoms with Crippen LogP contribution in [0.4, 0.5) is 0 Å². The van der Waals surface area contributed by atoms with Gasteiger partial charge in [-0.1, -0.05) is 31.2 Å². The molecule has 2 nitrogen and oxygen atoms in total. The molecule has 0 saturated carbocycles. The Morgan fingerprint density at radius 2 is 2.14 bits per heavy atom. The third-order valence-corrected chi connectivity index (χ3v) is 3.34. The van der Waals surface area contributed by atoms with Crippen LogP contribution in [0.15, 0.2) is 24.3 Å². The molecule has 1 aliphatic rings. The van der Waals surface area contributed by atoms with E-state index in [1.165, 1.54) is 5.56 Å². The Kier molecular flexibility index (Phi) is 2.33. The van der Waals surface area contributed by atoms with E-state index >= 15 is 0 Å². The average Bonchev–Trinajstić information content (AvgIpc) is 2.24. The predicted octanol–water partition coefficient (Wildman–Crippen LogP) is 1.66. The van der Waals surface area contributed by atoms with Gasteiger partial charge in [0, 0.05) is 5.41 Å². The number of fused-ring (bicyclic) bond motifs is 1. The molecule has 14 heavy (non-hydrogen) atoms. The summed E-state index contributed by atoms with van der Waals surface area (Å²) in [6.45, 7) is 1.98. The summed E-state index contributed by atoms with van der Waals surface area (Å²) in [7, 11) is 0. The second kappa shape index (κ2) is 3.37. The minimum Gasteiger partial charge on any atom is -0.396 e. The number of aliphatic hydroxyl groups excluding tert-OH is 2. The second-order valence-electron chi connectivity index (χ2n) is 4.41. The van der Waals surface area contributed by atoms with Gasteiger partial charge in [-0.25, -0.2) is 0 Å². The summed E-state index contributed by atoms with van der Waals surface area (Å²) in [5.41, 5.74) is 1.83. The number of benzene rings is 1. The lowest BCUT2D eigenvalue weighted by atomic mass is 9.71. The van der Waals surface area contributed by atoms with Gasteiger partial charge in [-0.15, -0.1) is 0 Å². The van der Waals surface area contributed by atoms with Crippen molar-refractivity contribution in [1.29, 1.82) is 0 Å². The molecule has 1 aromatic rings. The Hall–Kier alpha value is -0.860. The molecule has 76 valence electrons. The zero-order valence-electron chi connectivity index (χ0n) is 8.40. The van der Waals surface area contributed by atoms with Crippen LogP contribution in [0.1, 0.15) is 30.6 Å². The van der Waals surface area contributed by atoms with Crippen molar-refractivity contribution < 1.29 is 10.2 Å². The van der Waals surface area contributed by atoms with Gasteiger partial charge in [0.2, 0.25) is 0 Å². The van der Waals surface area contributed by atoms with Gasteiger partial charge < -0.3 is 10.2 Å². The minimum atomic E-state index is -0.530. The van der Waals surface area contributed by atoms with Crippen LogP contribution >= 0.6 is 0 Å². The lowest BCUT2D eigenvalue weighted by Crippen LogP contribution is -2.34. The summed E-state index contributed by atoms with van der Waals surface area (Å²) in [4.78, 5) is 0. The molecule has 2 atom stereocenters. The van der Waals surface area contributed by atoms with Crippen molar-refractivity contribution in [2.45, 2.75) is 25.9 Å². The van der Waals surface area contributed by atoms with E-state index in [1.807, 2.05) is 25.1 Å². The molecule has 2 N–H and O–H groups in total. The van der Waals surface area contributed by atoms with E-state index in [4.69, 9.17) is 0 Å². The Labute approximate surface area is 84.2 Å². The molecule has 2 rings (SSSR count). The van der Waals surface area contributed by atoms with E-state index in [0.717, 1.165) is 18.4 Å². The highest BCUT2D eigenvalue weighted by atomic mass is 16.3. The Balaban J connectivity index is 2.41. The lowest BCUT2D eigenvalue weighted by Gasteiger charge is -2.38. The van der Waals surface area contributed by atoms with Crippen molar-refractivity contribution in [2.75, 3.05) is 6.61 Å². The van der Waals surface area contributed by atoms with Crippen LogP contribution in [0.25, 0.3) is 0 Å². The summed E-state index contributed by atoms with van der Waals surface area (Å²) in [5, 5.41) is 19.4. The first-order valence-electron chi connectivity index (χ1n) is 5.04. The first kappa shape index (κ1) is 9.69. The van der Waals surface area contributed by atoms with E-state index < -0.39 is 6.10 Å². The van der Waals surface area contributed by atoms with Gasteiger partial charge in [0.15, 0.2) is 0 Å². The average molecular weight is 192 g/mol. The molecular formula is C12H16O2. The van der Waals surface area contributed by atoms with Crippen LogP contribution in [-0.4, -0.2) is 16.8 Å². The van der Waals surface area contributed by atoms with Crippen molar-refractivity contribution in [3.8, 4) is 0 Å².